The number of benzene rings is 3. The van der Waals surface area contributed by atoms with Crippen molar-refractivity contribution in [1.29, 1.82) is 0 Å². The number of aldehydes is 2. The molecule has 3 aromatic rings. The van der Waals surface area contributed by atoms with Gasteiger partial charge in [0, 0.05) is 68.6 Å². The van der Waals surface area contributed by atoms with E-state index in [1.165, 1.54) is 138 Å². The Labute approximate surface area is 365 Å². The van der Waals surface area contributed by atoms with Crippen molar-refractivity contribution < 1.29 is 33.5 Å². The van der Waals surface area contributed by atoms with Crippen LogP contribution in [0, 0.1) is 17.0 Å². The highest BCUT2D eigenvalue weighted by atomic mass is 16.6. The molecular weight excluding hydrogens is 777 g/mol. The van der Waals surface area contributed by atoms with Gasteiger partial charge in [0.1, 0.15) is 37.3 Å². The van der Waals surface area contributed by atoms with E-state index in [1.54, 1.807) is 26.4 Å². The molecule has 0 heterocycles. The molecule has 0 radical (unpaired) electrons. The summed E-state index contributed by atoms with van der Waals surface area (Å²) in [4.78, 5) is 30.3. The molecule has 0 bridgehead atoms. The largest absolute Gasteiger partial charge is 0.489 e. The maximum absolute atomic E-state index is 10.1. The molecule has 0 saturated heterocycles. The van der Waals surface area contributed by atoms with Crippen molar-refractivity contribution in [3.05, 3.63) is 95.6 Å². The summed E-state index contributed by atoms with van der Waals surface area (Å²) in [5.74, 6) is 1.06. The summed E-state index contributed by atoms with van der Waals surface area (Å²) in [5.41, 5.74) is 28.0. The molecule has 0 fully saturated rings. The molecule has 3 rings (SSSR count). The number of aryl methyl sites for hydroxylation is 1. The van der Waals surface area contributed by atoms with Crippen LogP contribution in [0.3, 0.4) is 0 Å². The van der Waals surface area contributed by atoms with Crippen LogP contribution >= 0.6 is 0 Å². The molecule has 0 aliphatic heterocycles. The first-order valence-electron chi connectivity index (χ1n) is 21.1. The summed E-state index contributed by atoms with van der Waals surface area (Å²) >= 11 is 0. The van der Waals surface area contributed by atoms with Gasteiger partial charge in [0.15, 0.2) is 0 Å². The van der Waals surface area contributed by atoms with Gasteiger partial charge in [-0.3, -0.25) is 19.7 Å². The second-order valence-electron chi connectivity index (χ2n) is 13.8. The summed E-state index contributed by atoms with van der Waals surface area (Å²) < 4.78 is 20.6. The van der Waals surface area contributed by atoms with Crippen molar-refractivity contribution in [3.8, 4) is 11.5 Å². The average Bonchev–Trinajstić information content (AvgIpc) is 3.26. The minimum absolute atomic E-state index is 0.0641. The highest BCUT2D eigenvalue weighted by molar-refractivity contribution is 5.67. The van der Waals surface area contributed by atoms with Crippen molar-refractivity contribution in [1.82, 2.24) is 0 Å². The lowest BCUT2D eigenvalue weighted by Gasteiger charge is -2.26. The number of hydrogen-bond acceptors (Lipinski definition) is 13. The maximum Gasteiger partial charge on any atom is 0.269 e. The molecule has 8 N–H and O–H groups in total. The van der Waals surface area contributed by atoms with E-state index < -0.39 is 4.92 Å². The van der Waals surface area contributed by atoms with Crippen LogP contribution in [-0.4, -0.2) is 71.2 Å². The number of non-ortho nitro benzene ring substituents is 1. The van der Waals surface area contributed by atoms with Crippen LogP contribution in [0.5, 0.6) is 11.5 Å². The number of nitrogens with zero attached hydrogens (tertiary/aromatic N) is 2. The van der Waals surface area contributed by atoms with Gasteiger partial charge in [-0.05, 0) is 67.8 Å². The van der Waals surface area contributed by atoms with Crippen LogP contribution in [0.1, 0.15) is 96.5 Å². The topological polar surface area (TPSA) is 222 Å². The first-order chi connectivity index (χ1) is 29.4. The van der Waals surface area contributed by atoms with Gasteiger partial charge in [-0.15, -0.1) is 0 Å². The van der Waals surface area contributed by atoms with Crippen molar-refractivity contribution in [2.45, 2.75) is 97.8 Å². The van der Waals surface area contributed by atoms with Gasteiger partial charge in [0.2, 0.25) is 0 Å². The first-order valence-corrected chi connectivity index (χ1v) is 21.1. The van der Waals surface area contributed by atoms with Crippen molar-refractivity contribution in [3.63, 3.8) is 0 Å². The smallest absolute Gasteiger partial charge is 0.269 e. The molecule has 0 aliphatic carbocycles. The second kappa shape index (κ2) is 39.8. The van der Waals surface area contributed by atoms with Crippen LogP contribution in [0.4, 0.5) is 34.1 Å². The zero-order chi connectivity index (χ0) is 46.1. The number of nitrogens with two attached hydrogens (primary N) is 4. The van der Waals surface area contributed by atoms with Crippen LogP contribution < -0.4 is 37.3 Å². The van der Waals surface area contributed by atoms with E-state index in [4.69, 9.17) is 51.5 Å². The van der Waals surface area contributed by atoms with Gasteiger partial charge in [0.25, 0.3) is 5.69 Å². The third kappa shape index (κ3) is 31.0. The molecule has 342 valence electrons. The van der Waals surface area contributed by atoms with E-state index in [2.05, 4.69) is 57.0 Å². The summed E-state index contributed by atoms with van der Waals surface area (Å²) in [6, 6.07) is 15.6. The van der Waals surface area contributed by atoms with E-state index in [0.29, 0.717) is 67.6 Å². The number of ether oxygens (including phenoxy) is 4. The minimum atomic E-state index is -0.459. The molecule has 14 heteroatoms. The first kappa shape index (κ1) is 57.5. The molecule has 0 saturated carbocycles. The Hall–Kier alpha value is -5.60. The maximum atomic E-state index is 10.1. The molecular formula is C47H76N6O8. The number of rotatable bonds is 26. The fourth-order valence-corrected chi connectivity index (χ4v) is 5.30. The highest BCUT2D eigenvalue weighted by Gasteiger charge is 2.09. The fourth-order valence-electron chi connectivity index (χ4n) is 5.30. The monoisotopic (exact) mass is 853 g/mol. The molecule has 0 aliphatic rings. The third-order valence-corrected chi connectivity index (χ3v) is 8.71. The summed E-state index contributed by atoms with van der Waals surface area (Å²) in [7, 11) is 3.21. The zero-order valence-corrected chi connectivity index (χ0v) is 37.6. The lowest BCUT2D eigenvalue weighted by molar-refractivity contribution is -0.384. The van der Waals surface area contributed by atoms with E-state index in [0.717, 1.165) is 5.69 Å². The number of nitrogen functional groups attached to an aromatic ring is 4. The molecule has 0 aromatic heterocycles. The number of unbranched alkanes of at least 4 members (excludes halogenated alkanes) is 10. The number of allylic oxidation sites excluding steroid dienone is 2. The van der Waals surface area contributed by atoms with Crippen LogP contribution in [-0.2, 0) is 19.1 Å². The number of nitro benzene ring substituents is 1. The second-order valence-corrected chi connectivity index (χ2v) is 13.8. The standard InChI is InChI=1S/C23H42N2.C12H20N2O4.C6H6N2O2.2C3H4O/c1-4-6-8-10-12-14-18-25(19-15-13-11-9-7-5-2)22-16-17-23(24)21(3)20-22;1-15-3-5-17-11-7-10(14)12(8-9(11)13)18-6-4-16-2;7-5-1-3-6(4-2-5)8(9)10;2*1-2-3-4/h16-17,20H,4-15,18-19,24H2,1-3H3;7-8H,3-6,13-14H2,1-2H3;1-4H,7H2;2*2-3H,1H2. The Balaban J connectivity index is 0. The van der Waals surface area contributed by atoms with Gasteiger partial charge in [-0.2, -0.15) is 0 Å². The van der Waals surface area contributed by atoms with Gasteiger partial charge < -0.3 is 46.8 Å². The molecule has 0 amide bonds. The van der Waals surface area contributed by atoms with Crippen LogP contribution in [0.15, 0.2) is 79.9 Å². The highest BCUT2D eigenvalue weighted by Crippen LogP contribution is 2.33. The van der Waals surface area contributed by atoms with E-state index in [-0.39, 0.29) is 5.69 Å². The van der Waals surface area contributed by atoms with Crippen molar-refractivity contribution in [2.24, 2.45) is 0 Å². The number of nitro groups is 1. The van der Waals surface area contributed by atoms with Crippen molar-refractivity contribution >= 4 is 46.7 Å². The SMILES string of the molecule is C=CC=O.C=CC=O.CCCCCCCCN(CCCCCCCC)c1ccc(N)c(C)c1.COCCOc1cc(N)c(OCCOC)cc1N.Nc1ccc([N+](=O)[O-])cc1. The summed E-state index contributed by atoms with van der Waals surface area (Å²) in [5, 5.41) is 10.1. The van der Waals surface area contributed by atoms with Crippen LogP contribution in [0.25, 0.3) is 0 Å². The van der Waals surface area contributed by atoms with E-state index in [1.807, 2.05) is 0 Å². The van der Waals surface area contributed by atoms with Gasteiger partial charge >= 0.3 is 0 Å². The number of carbonyl (C=O) groups is 2. The van der Waals surface area contributed by atoms with Gasteiger partial charge in [-0.1, -0.05) is 91.2 Å². The zero-order valence-electron chi connectivity index (χ0n) is 37.6. The molecule has 14 nitrogen and oxygen atoms in total. The van der Waals surface area contributed by atoms with E-state index >= 15 is 0 Å². The lowest BCUT2D eigenvalue weighted by atomic mass is 10.1. The normalized spacial score (nSPS) is 9.72. The predicted molar refractivity (Wildman–Crippen MR) is 255 cm³/mol. The molecule has 0 spiro atoms. The number of anilines is 5. The minimum Gasteiger partial charge on any atom is -0.489 e. The van der Waals surface area contributed by atoms with Crippen LogP contribution in [0.2, 0.25) is 0 Å². The summed E-state index contributed by atoms with van der Waals surface area (Å²) in [6.07, 6.45) is 20.0. The molecule has 0 unspecified atom stereocenters. The Morgan fingerprint density at radius 3 is 1.39 bits per heavy atom. The quantitative estimate of drug-likeness (QED) is 0.0148. The van der Waals surface area contributed by atoms with Gasteiger partial charge in [0.05, 0.1) is 29.5 Å². The van der Waals surface area contributed by atoms with Crippen molar-refractivity contribution in [2.75, 3.05) is 81.6 Å². The fraction of sp³-hybridized carbons (Fsp3) is 0.489. The number of methoxy groups -OCH3 is 2. The average molecular weight is 853 g/mol. The Morgan fingerprint density at radius 2 is 1.03 bits per heavy atom. The Morgan fingerprint density at radius 1 is 0.623 bits per heavy atom. The Kier molecular flexibility index (Phi) is 37.5. The lowest BCUT2D eigenvalue weighted by Crippen LogP contribution is -2.25. The number of hydrogen-bond donors (Lipinski definition) is 4. The molecule has 0 atom stereocenters. The number of carbonyl (C=O) groups excluding carboxylic acids is 2. The summed E-state index contributed by atoms with van der Waals surface area (Å²) in [6.45, 7) is 17.1. The Bertz CT molecular complexity index is 1510. The van der Waals surface area contributed by atoms with E-state index in [9.17, 15) is 10.1 Å². The third-order valence-electron chi connectivity index (χ3n) is 8.71. The van der Waals surface area contributed by atoms with Gasteiger partial charge in [-0.25, -0.2) is 0 Å². The molecule has 3 aromatic carbocycles. The predicted octanol–water partition coefficient (Wildman–Crippen LogP) is 9.93. The molecule has 61 heavy (non-hydrogen) atoms.